The molecule has 226 valence electrons. The molecule has 10 heteroatoms. The zero-order valence-electron chi connectivity index (χ0n) is 23.5. The molecule has 0 saturated heterocycles. The van der Waals surface area contributed by atoms with Gasteiger partial charge in [-0.2, -0.15) is 13.2 Å². The zero-order chi connectivity index (χ0) is 32.0. The van der Waals surface area contributed by atoms with Crippen LogP contribution < -0.4 is 21.2 Å². The normalized spacial score (nSPS) is 12.2. The number of benzene rings is 5. The molecule has 0 aliphatic heterocycles. The Morgan fingerprint density at radius 2 is 1.11 bits per heavy atom. The average molecular weight is 645 g/mol. The highest BCUT2D eigenvalue weighted by Crippen LogP contribution is 2.57. The lowest BCUT2D eigenvalue weighted by Crippen LogP contribution is -2.33. The molecule has 5 aromatic rings. The van der Waals surface area contributed by atoms with Crippen molar-refractivity contribution in [1.29, 1.82) is 0 Å². The van der Waals surface area contributed by atoms with Crippen molar-refractivity contribution >= 4 is 52.2 Å². The molecule has 0 unspecified atom stereocenters. The Morgan fingerprint density at radius 1 is 0.644 bits per heavy atom. The minimum atomic E-state index is -4.65. The van der Waals surface area contributed by atoms with Gasteiger partial charge < -0.3 is 15.2 Å². The van der Waals surface area contributed by atoms with E-state index < -0.39 is 30.7 Å². The van der Waals surface area contributed by atoms with Crippen molar-refractivity contribution < 1.29 is 27.3 Å². The van der Waals surface area contributed by atoms with E-state index in [2.05, 4.69) is 10.6 Å². The van der Waals surface area contributed by atoms with E-state index in [1.165, 1.54) is 0 Å². The van der Waals surface area contributed by atoms with Crippen LogP contribution in [0.5, 0.6) is 0 Å². The fraction of sp³-hybridized carbons (Fsp3) is 0.0286. The summed E-state index contributed by atoms with van der Waals surface area (Å²) >= 11 is 6.19. The van der Waals surface area contributed by atoms with E-state index in [4.69, 9.17) is 11.6 Å². The lowest BCUT2D eigenvalue weighted by molar-refractivity contribution is -0.137. The van der Waals surface area contributed by atoms with Crippen LogP contribution in [-0.4, -0.2) is 11.8 Å². The molecule has 0 spiro atoms. The minimum Gasteiger partial charge on any atom is -0.319 e. The Bertz CT molecular complexity index is 1860. The first-order valence-electron chi connectivity index (χ1n) is 13.6. The van der Waals surface area contributed by atoms with Crippen LogP contribution in [0.3, 0.4) is 0 Å². The first-order chi connectivity index (χ1) is 21.6. The molecule has 0 heterocycles. The second kappa shape index (κ2) is 13.4. The molecule has 0 aliphatic carbocycles. The van der Waals surface area contributed by atoms with Crippen LogP contribution in [0.25, 0.3) is 5.31 Å². The monoisotopic (exact) mass is 644 g/mol. The van der Waals surface area contributed by atoms with Crippen molar-refractivity contribution in [3.63, 3.8) is 0 Å². The third-order valence-electron chi connectivity index (χ3n) is 6.88. The molecule has 0 atom stereocenters. The minimum absolute atomic E-state index is 0.0188. The van der Waals surface area contributed by atoms with E-state index in [0.717, 1.165) is 12.1 Å². The third-order valence-corrected chi connectivity index (χ3v) is 10.4. The van der Waals surface area contributed by atoms with Gasteiger partial charge in [-0.05, 0) is 35.9 Å². The number of rotatable bonds is 8. The first kappa shape index (κ1) is 31.5. The van der Waals surface area contributed by atoms with Gasteiger partial charge in [-0.15, -0.1) is 0 Å². The number of hydrogen-bond donors (Lipinski definition) is 2. The summed E-state index contributed by atoms with van der Waals surface area (Å²) in [4.78, 5) is 27.9. The van der Waals surface area contributed by atoms with Crippen molar-refractivity contribution in [3.05, 3.63) is 167 Å². The molecule has 0 radical (unpaired) electrons. The maximum Gasteiger partial charge on any atom is 0.416 e. The smallest absolute Gasteiger partial charge is 0.319 e. The van der Waals surface area contributed by atoms with Gasteiger partial charge in [0.1, 0.15) is 5.70 Å². The Balaban J connectivity index is 1.78. The quantitative estimate of drug-likeness (QED) is 0.132. The number of anilines is 1. The van der Waals surface area contributed by atoms with E-state index >= 15 is 4.57 Å². The van der Waals surface area contributed by atoms with Gasteiger partial charge in [-0.3, -0.25) is 9.59 Å². The fourth-order valence-electron chi connectivity index (χ4n) is 4.74. The van der Waals surface area contributed by atoms with Gasteiger partial charge in [0, 0.05) is 16.2 Å². The molecule has 2 amide bonds. The number of nitrogens with one attached hydrogen (secondary N) is 2. The summed E-state index contributed by atoms with van der Waals surface area (Å²) in [5.41, 5.74) is -0.895. The summed E-state index contributed by atoms with van der Waals surface area (Å²) in [7, 11) is -3.94. The molecule has 5 aromatic carbocycles. The summed E-state index contributed by atoms with van der Waals surface area (Å²) in [5.74, 6) is -1.60. The van der Waals surface area contributed by atoms with E-state index in [9.17, 15) is 22.8 Å². The van der Waals surface area contributed by atoms with E-state index in [1.807, 2.05) is 0 Å². The second-order valence-electron chi connectivity index (χ2n) is 9.84. The summed E-state index contributed by atoms with van der Waals surface area (Å²) in [6.45, 7) is 0. The standard InChI is InChI=1S/C35H25ClF3N2O3P/c36-29-23-26(35(37,38)39)21-22-30(29)40-34(43)31(41-33(42)25-15-7-2-8-16-25)32(24-13-5-1-6-14-24)45(44,27-17-9-3-10-18-27)28-19-11-4-12-20-28/h1-23H,(H,40,43)(H,41,42). The SMILES string of the molecule is O=C(Nc1ccc(C(F)(F)F)cc1Cl)C(NC(=O)c1ccccc1)=C(c1ccccc1)P(=O)(c1ccccc1)c1ccccc1. The molecule has 0 aliphatic rings. The summed E-state index contributed by atoms with van der Waals surface area (Å²) in [6.07, 6.45) is -4.65. The van der Waals surface area contributed by atoms with E-state index in [-0.39, 0.29) is 27.3 Å². The van der Waals surface area contributed by atoms with Gasteiger partial charge in [0.05, 0.1) is 21.6 Å². The van der Waals surface area contributed by atoms with Gasteiger partial charge in [0.15, 0.2) is 7.14 Å². The third kappa shape index (κ3) is 6.93. The van der Waals surface area contributed by atoms with Crippen molar-refractivity contribution in [3.8, 4) is 0 Å². The van der Waals surface area contributed by atoms with Crippen molar-refractivity contribution in [2.24, 2.45) is 0 Å². The number of alkyl halides is 3. The summed E-state index contributed by atoms with van der Waals surface area (Å²) in [6, 6.07) is 36.2. The molecule has 5 nitrogen and oxygen atoms in total. The predicted octanol–water partition coefficient (Wildman–Crippen LogP) is 8.11. The topological polar surface area (TPSA) is 75.3 Å². The summed E-state index contributed by atoms with van der Waals surface area (Å²) < 4.78 is 55.6. The molecular weight excluding hydrogens is 620 g/mol. The van der Waals surface area contributed by atoms with Crippen LogP contribution in [0.15, 0.2) is 145 Å². The molecule has 0 fully saturated rings. The highest BCUT2D eigenvalue weighted by molar-refractivity contribution is 7.87. The maximum absolute atomic E-state index is 15.7. The number of hydrogen-bond acceptors (Lipinski definition) is 3. The van der Waals surface area contributed by atoms with Gasteiger partial charge in [0.2, 0.25) is 0 Å². The van der Waals surface area contributed by atoms with Crippen molar-refractivity contribution in [1.82, 2.24) is 5.32 Å². The van der Waals surface area contributed by atoms with Gasteiger partial charge in [-0.25, -0.2) is 0 Å². The average Bonchev–Trinajstić information content (AvgIpc) is 3.06. The van der Waals surface area contributed by atoms with Crippen LogP contribution in [0.2, 0.25) is 5.02 Å². The number of carbonyl (C=O) groups is 2. The summed E-state index contributed by atoms with van der Waals surface area (Å²) in [5, 5.41) is 5.65. The Kier molecular flexibility index (Phi) is 9.37. The molecule has 5 rings (SSSR count). The Morgan fingerprint density at radius 3 is 1.58 bits per heavy atom. The molecule has 0 aromatic heterocycles. The largest absolute Gasteiger partial charge is 0.416 e. The molecule has 45 heavy (non-hydrogen) atoms. The van der Waals surface area contributed by atoms with Crippen LogP contribution in [0.4, 0.5) is 18.9 Å². The van der Waals surface area contributed by atoms with Gasteiger partial charge in [0.25, 0.3) is 11.8 Å². The van der Waals surface area contributed by atoms with E-state index in [0.29, 0.717) is 22.2 Å². The molecular formula is C35H25ClF3N2O3P. The Labute approximate surface area is 262 Å². The first-order valence-corrected chi connectivity index (χ1v) is 15.7. The fourth-order valence-corrected chi connectivity index (χ4v) is 7.95. The molecule has 0 bridgehead atoms. The van der Waals surface area contributed by atoms with Crippen LogP contribution >= 0.6 is 18.7 Å². The predicted molar refractivity (Wildman–Crippen MR) is 172 cm³/mol. The van der Waals surface area contributed by atoms with Gasteiger partial charge in [-0.1, -0.05) is 121 Å². The van der Waals surface area contributed by atoms with Crippen LogP contribution in [-0.2, 0) is 15.5 Å². The van der Waals surface area contributed by atoms with Crippen molar-refractivity contribution in [2.45, 2.75) is 6.18 Å². The number of carbonyl (C=O) groups excluding carboxylic acids is 2. The maximum atomic E-state index is 15.7. The second-order valence-corrected chi connectivity index (χ2v) is 12.9. The van der Waals surface area contributed by atoms with Crippen LogP contribution in [0.1, 0.15) is 21.5 Å². The lowest BCUT2D eigenvalue weighted by atomic mass is 10.1. The van der Waals surface area contributed by atoms with E-state index in [1.54, 1.807) is 121 Å². The molecule has 2 N–H and O–H groups in total. The highest BCUT2D eigenvalue weighted by atomic mass is 35.5. The van der Waals surface area contributed by atoms with Crippen molar-refractivity contribution in [2.75, 3.05) is 5.32 Å². The Hall–Kier alpha value is -4.91. The number of halogens is 4. The van der Waals surface area contributed by atoms with Crippen LogP contribution in [0, 0.1) is 0 Å². The number of amides is 2. The lowest BCUT2D eigenvalue weighted by Gasteiger charge is -2.26. The van der Waals surface area contributed by atoms with Gasteiger partial charge >= 0.3 is 6.18 Å². The molecule has 0 saturated carbocycles. The highest BCUT2D eigenvalue weighted by Gasteiger charge is 2.38. The zero-order valence-corrected chi connectivity index (χ0v) is 25.1.